The first kappa shape index (κ1) is 15.5. The van der Waals surface area contributed by atoms with Crippen LogP contribution >= 0.6 is 0 Å². The largest absolute Gasteiger partial charge is 0.390 e. The molecule has 2 bridgehead atoms. The molecule has 2 unspecified atom stereocenters. The van der Waals surface area contributed by atoms with Gasteiger partial charge < -0.3 is 9.84 Å². The predicted octanol–water partition coefficient (Wildman–Crippen LogP) is 2.65. The van der Waals surface area contributed by atoms with Crippen LogP contribution in [-0.2, 0) is 9.57 Å². The summed E-state index contributed by atoms with van der Waals surface area (Å²) >= 11 is 0. The maximum absolute atomic E-state index is 13.2. The van der Waals surface area contributed by atoms with E-state index in [1.165, 1.54) is 12.1 Å². The molecular formula is C17H22FNO3. The zero-order chi connectivity index (χ0) is 15.7. The Balaban J connectivity index is 2.04. The van der Waals surface area contributed by atoms with Gasteiger partial charge in [0.2, 0.25) is 0 Å². The van der Waals surface area contributed by atoms with Gasteiger partial charge in [-0.2, -0.15) is 0 Å². The number of rotatable bonds is 4. The van der Waals surface area contributed by atoms with Crippen LogP contribution < -0.4 is 5.48 Å². The average molecular weight is 307 g/mol. The minimum absolute atomic E-state index is 0.0551. The number of aliphatic hydroxyl groups excluding tert-OH is 1. The summed E-state index contributed by atoms with van der Waals surface area (Å²) in [6.45, 7) is 2.03. The van der Waals surface area contributed by atoms with Crippen molar-refractivity contribution in [1.82, 2.24) is 5.48 Å². The van der Waals surface area contributed by atoms with Crippen LogP contribution in [0.5, 0.6) is 0 Å². The summed E-state index contributed by atoms with van der Waals surface area (Å²) in [7, 11) is 1.57. The van der Waals surface area contributed by atoms with Crippen LogP contribution in [0.2, 0.25) is 0 Å². The van der Waals surface area contributed by atoms with E-state index in [9.17, 15) is 9.50 Å². The van der Waals surface area contributed by atoms with E-state index in [0.717, 1.165) is 29.7 Å². The van der Waals surface area contributed by atoms with Crippen molar-refractivity contribution in [3.05, 3.63) is 46.9 Å². The van der Waals surface area contributed by atoms with Crippen LogP contribution in [0.15, 0.2) is 35.5 Å². The van der Waals surface area contributed by atoms with Crippen LogP contribution in [0, 0.1) is 5.82 Å². The zero-order valence-electron chi connectivity index (χ0n) is 12.9. The van der Waals surface area contributed by atoms with Gasteiger partial charge in [-0.25, -0.2) is 4.39 Å². The van der Waals surface area contributed by atoms with Crippen molar-refractivity contribution in [3.63, 3.8) is 0 Å². The SMILES string of the molecule is CCC(NOC)=C1[C@H](c2ccc(F)cc2)CC2CC(O)[C@@H]1O2. The van der Waals surface area contributed by atoms with Gasteiger partial charge >= 0.3 is 0 Å². The van der Waals surface area contributed by atoms with Crippen molar-refractivity contribution in [2.45, 2.75) is 50.4 Å². The lowest BCUT2D eigenvalue weighted by molar-refractivity contribution is 0.000897. The monoisotopic (exact) mass is 307 g/mol. The Morgan fingerprint density at radius 3 is 2.73 bits per heavy atom. The van der Waals surface area contributed by atoms with Gasteiger partial charge in [-0.1, -0.05) is 19.1 Å². The van der Waals surface area contributed by atoms with Crippen molar-refractivity contribution in [2.24, 2.45) is 0 Å². The second-order valence-electron chi connectivity index (χ2n) is 5.92. The highest BCUT2D eigenvalue weighted by atomic mass is 19.1. The third-order valence-electron chi connectivity index (χ3n) is 4.57. The highest BCUT2D eigenvalue weighted by molar-refractivity contribution is 5.37. The van der Waals surface area contributed by atoms with E-state index in [4.69, 9.17) is 9.57 Å². The van der Waals surface area contributed by atoms with Gasteiger partial charge in [0.15, 0.2) is 0 Å². The van der Waals surface area contributed by atoms with Crippen molar-refractivity contribution in [3.8, 4) is 0 Å². The van der Waals surface area contributed by atoms with E-state index in [2.05, 4.69) is 5.48 Å². The number of fused-ring (bicyclic) bond motifs is 2. The number of hydrogen-bond donors (Lipinski definition) is 2. The van der Waals surface area contributed by atoms with Crippen molar-refractivity contribution in [2.75, 3.05) is 7.11 Å². The molecule has 2 fully saturated rings. The van der Waals surface area contributed by atoms with Crippen LogP contribution in [0.1, 0.15) is 37.7 Å². The fraction of sp³-hybridized carbons (Fsp3) is 0.529. The second kappa shape index (κ2) is 6.36. The molecule has 2 N–H and O–H groups in total. The first-order valence-electron chi connectivity index (χ1n) is 7.75. The number of allylic oxidation sites excluding steroid dienone is 1. The highest BCUT2D eigenvalue weighted by Crippen LogP contribution is 2.46. The summed E-state index contributed by atoms with van der Waals surface area (Å²) < 4.78 is 19.2. The molecule has 2 saturated heterocycles. The summed E-state index contributed by atoms with van der Waals surface area (Å²) in [6.07, 6.45) is 1.44. The molecule has 1 aromatic rings. The predicted molar refractivity (Wildman–Crippen MR) is 80.5 cm³/mol. The normalized spacial score (nSPS) is 32.9. The number of hydrogen-bond acceptors (Lipinski definition) is 4. The topological polar surface area (TPSA) is 50.7 Å². The average Bonchev–Trinajstić information content (AvgIpc) is 2.81. The van der Waals surface area contributed by atoms with Crippen LogP contribution in [-0.4, -0.2) is 30.5 Å². The van der Waals surface area contributed by atoms with Gasteiger partial charge in [0.1, 0.15) is 11.9 Å². The molecule has 0 radical (unpaired) electrons. The van der Waals surface area contributed by atoms with Crippen molar-refractivity contribution >= 4 is 0 Å². The Labute approximate surface area is 129 Å². The Morgan fingerprint density at radius 1 is 1.36 bits per heavy atom. The summed E-state index contributed by atoms with van der Waals surface area (Å²) in [5, 5.41) is 10.3. The highest BCUT2D eigenvalue weighted by Gasteiger charge is 2.46. The fourth-order valence-electron chi connectivity index (χ4n) is 3.62. The Morgan fingerprint density at radius 2 is 2.09 bits per heavy atom. The van der Waals surface area contributed by atoms with Gasteiger partial charge in [0.05, 0.1) is 19.3 Å². The summed E-state index contributed by atoms with van der Waals surface area (Å²) in [6, 6.07) is 6.60. The van der Waals surface area contributed by atoms with E-state index < -0.39 is 6.10 Å². The number of ether oxygens (including phenoxy) is 1. The zero-order valence-corrected chi connectivity index (χ0v) is 12.9. The molecule has 2 aliphatic heterocycles. The number of nitrogens with one attached hydrogen (secondary N) is 1. The maximum atomic E-state index is 13.2. The third-order valence-corrected chi connectivity index (χ3v) is 4.57. The minimum atomic E-state index is -0.495. The van der Waals surface area contributed by atoms with E-state index in [1.807, 2.05) is 19.1 Å². The standard InChI is InChI=1S/C17H22FNO3/c1-3-14(19-21-2)16-13(10-4-6-11(18)7-5-10)8-12-9-15(20)17(16)22-12/h4-7,12-13,15,17,19-20H,3,8-9H2,1-2H3/t12?,13-,15?,17-/m0/s1. The molecule has 0 saturated carbocycles. The van der Waals surface area contributed by atoms with E-state index >= 15 is 0 Å². The molecule has 0 amide bonds. The van der Waals surface area contributed by atoms with Gasteiger partial charge in [-0.3, -0.25) is 10.3 Å². The molecule has 3 rings (SSSR count). The first-order chi connectivity index (χ1) is 10.6. The Hall–Kier alpha value is -1.43. The van der Waals surface area contributed by atoms with Gasteiger partial charge in [-0.15, -0.1) is 0 Å². The molecule has 2 aliphatic rings. The summed E-state index contributed by atoms with van der Waals surface area (Å²) in [4.78, 5) is 5.09. The lowest BCUT2D eigenvalue weighted by atomic mass is 9.82. The Bertz CT molecular complexity index is 558. The molecular weight excluding hydrogens is 285 g/mol. The van der Waals surface area contributed by atoms with E-state index in [-0.39, 0.29) is 23.9 Å². The van der Waals surface area contributed by atoms with E-state index in [1.54, 1.807) is 7.11 Å². The molecule has 22 heavy (non-hydrogen) atoms. The number of hydroxylamine groups is 1. The van der Waals surface area contributed by atoms with Crippen LogP contribution in [0.4, 0.5) is 4.39 Å². The molecule has 4 nitrogen and oxygen atoms in total. The molecule has 4 atom stereocenters. The first-order valence-corrected chi connectivity index (χ1v) is 7.75. The lowest BCUT2D eigenvalue weighted by Crippen LogP contribution is -2.34. The maximum Gasteiger partial charge on any atom is 0.123 e. The second-order valence-corrected chi connectivity index (χ2v) is 5.92. The quantitative estimate of drug-likeness (QED) is 0.840. The number of benzene rings is 1. The molecule has 1 aromatic carbocycles. The fourth-order valence-corrected chi connectivity index (χ4v) is 3.62. The molecule has 0 aliphatic carbocycles. The van der Waals surface area contributed by atoms with Crippen LogP contribution in [0.25, 0.3) is 0 Å². The smallest absolute Gasteiger partial charge is 0.123 e. The number of aliphatic hydroxyl groups is 1. The Kier molecular flexibility index (Phi) is 4.47. The lowest BCUT2D eigenvalue weighted by Gasteiger charge is -2.34. The summed E-state index contributed by atoms with van der Waals surface area (Å²) in [5.41, 5.74) is 5.94. The van der Waals surface area contributed by atoms with Crippen LogP contribution in [0.3, 0.4) is 0 Å². The van der Waals surface area contributed by atoms with Gasteiger partial charge in [0, 0.05) is 18.0 Å². The molecule has 2 heterocycles. The van der Waals surface area contributed by atoms with Crippen molar-refractivity contribution in [1.29, 1.82) is 0 Å². The minimum Gasteiger partial charge on any atom is -0.390 e. The van der Waals surface area contributed by atoms with Crippen molar-refractivity contribution < 1.29 is 19.1 Å². The third kappa shape index (κ3) is 2.76. The summed E-state index contributed by atoms with van der Waals surface area (Å²) in [5.74, 6) is -0.130. The molecule has 5 heteroatoms. The van der Waals surface area contributed by atoms with E-state index in [0.29, 0.717) is 6.42 Å². The number of halogens is 1. The molecule has 0 aromatic heterocycles. The van der Waals surface area contributed by atoms with Gasteiger partial charge in [0.25, 0.3) is 0 Å². The molecule has 120 valence electrons. The molecule has 0 spiro atoms. The van der Waals surface area contributed by atoms with Gasteiger partial charge in [-0.05, 0) is 36.1 Å².